The predicted molar refractivity (Wildman–Crippen MR) is 102 cm³/mol. The third-order valence-corrected chi connectivity index (χ3v) is 7.70. The second-order valence-electron chi connectivity index (χ2n) is 6.61. The van der Waals surface area contributed by atoms with E-state index in [4.69, 9.17) is 17.0 Å². The molecule has 0 radical (unpaired) electrons. The first-order valence-electron chi connectivity index (χ1n) is 8.09. The molecule has 25 heavy (non-hydrogen) atoms. The van der Waals surface area contributed by atoms with Crippen molar-refractivity contribution in [3.8, 4) is 5.75 Å². The van der Waals surface area contributed by atoms with Crippen LogP contribution in [0.1, 0.15) is 24.5 Å². The fraction of sp³-hybridized carbons (Fsp3) is 0.412. The number of hydrogen-bond acceptors (Lipinski definition) is 6. The van der Waals surface area contributed by atoms with Crippen molar-refractivity contribution in [3.63, 3.8) is 0 Å². The highest BCUT2D eigenvalue weighted by atomic mass is 32.2. The lowest BCUT2D eigenvalue weighted by Gasteiger charge is -2.20. The minimum absolute atomic E-state index is 0.000786. The van der Waals surface area contributed by atoms with Crippen LogP contribution in [0.25, 0.3) is 6.08 Å². The number of sulfone groups is 1. The average Bonchev–Trinajstić information content (AvgIpc) is 3.15. The molecule has 8 heteroatoms. The van der Waals surface area contributed by atoms with Crippen molar-refractivity contribution in [1.82, 2.24) is 4.90 Å². The standard InChI is InChI=1S/C17H17NO4S3/c1-10-6-12-7-11(2-3-14(12)22-10)8-15-16(19)18(17(23)24-15)13-4-5-25(20,21)9-13/h2-3,7-8,10,13H,4-6,9H2,1H3/b15-8-. The Labute approximate surface area is 156 Å². The number of carbonyl (C=O) groups is 1. The first-order chi connectivity index (χ1) is 11.8. The van der Waals surface area contributed by atoms with E-state index in [9.17, 15) is 13.2 Å². The maximum Gasteiger partial charge on any atom is 0.266 e. The van der Waals surface area contributed by atoms with E-state index in [1.165, 1.54) is 16.7 Å². The molecule has 1 amide bonds. The molecule has 2 unspecified atom stereocenters. The molecule has 1 aromatic rings. The van der Waals surface area contributed by atoms with E-state index in [1.54, 1.807) is 0 Å². The van der Waals surface area contributed by atoms with Gasteiger partial charge in [-0.15, -0.1) is 0 Å². The minimum atomic E-state index is -3.06. The highest BCUT2D eigenvalue weighted by molar-refractivity contribution is 8.26. The van der Waals surface area contributed by atoms with Crippen LogP contribution in [0.5, 0.6) is 5.75 Å². The van der Waals surface area contributed by atoms with Gasteiger partial charge in [0.15, 0.2) is 9.84 Å². The van der Waals surface area contributed by atoms with Gasteiger partial charge in [0, 0.05) is 6.42 Å². The number of carbonyl (C=O) groups excluding carboxylic acids is 1. The Morgan fingerprint density at radius 2 is 2.20 bits per heavy atom. The molecule has 2 atom stereocenters. The molecule has 5 nitrogen and oxygen atoms in total. The van der Waals surface area contributed by atoms with Gasteiger partial charge < -0.3 is 4.74 Å². The molecule has 0 aliphatic carbocycles. The zero-order valence-corrected chi connectivity index (χ0v) is 16.0. The van der Waals surface area contributed by atoms with Crippen LogP contribution in [-0.2, 0) is 21.1 Å². The van der Waals surface area contributed by atoms with E-state index in [2.05, 4.69) is 0 Å². The molecule has 0 N–H and O–H groups in total. The van der Waals surface area contributed by atoms with Crippen molar-refractivity contribution in [2.24, 2.45) is 0 Å². The van der Waals surface area contributed by atoms with Gasteiger partial charge in [-0.1, -0.05) is 30.0 Å². The monoisotopic (exact) mass is 395 g/mol. The number of thioether (sulfide) groups is 1. The van der Waals surface area contributed by atoms with Gasteiger partial charge in [0.1, 0.15) is 16.2 Å². The van der Waals surface area contributed by atoms with Gasteiger partial charge in [-0.05, 0) is 42.7 Å². The van der Waals surface area contributed by atoms with Crippen LogP contribution >= 0.6 is 24.0 Å². The van der Waals surface area contributed by atoms with Crippen molar-refractivity contribution in [2.75, 3.05) is 11.5 Å². The van der Waals surface area contributed by atoms with E-state index in [1.807, 2.05) is 31.2 Å². The van der Waals surface area contributed by atoms with Gasteiger partial charge in [-0.3, -0.25) is 9.69 Å². The summed E-state index contributed by atoms with van der Waals surface area (Å²) in [5, 5.41) is 0. The highest BCUT2D eigenvalue weighted by Crippen LogP contribution is 2.37. The summed E-state index contributed by atoms with van der Waals surface area (Å²) >= 11 is 6.57. The molecule has 3 heterocycles. The maximum atomic E-state index is 12.7. The summed E-state index contributed by atoms with van der Waals surface area (Å²) in [4.78, 5) is 14.8. The summed E-state index contributed by atoms with van der Waals surface area (Å²) in [5.74, 6) is 0.827. The third-order valence-electron chi connectivity index (χ3n) is 4.61. The number of thiocarbonyl (C=S) groups is 1. The summed E-state index contributed by atoms with van der Waals surface area (Å²) in [6.45, 7) is 2.03. The van der Waals surface area contributed by atoms with Crippen LogP contribution in [0.15, 0.2) is 23.1 Å². The first kappa shape index (κ1) is 17.1. The molecule has 0 saturated carbocycles. The van der Waals surface area contributed by atoms with Crippen LogP contribution in [-0.4, -0.2) is 47.2 Å². The Morgan fingerprint density at radius 1 is 1.40 bits per heavy atom. The van der Waals surface area contributed by atoms with Gasteiger partial charge >= 0.3 is 0 Å². The lowest BCUT2D eigenvalue weighted by molar-refractivity contribution is -0.123. The average molecular weight is 396 g/mol. The molecule has 2 fully saturated rings. The predicted octanol–water partition coefficient (Wildman–Crippen LogP) is 2.40. The number of hydrogen-bond donors (Lipinski definition) is 0. The lowest BCUT2D eigenvalue weighted by atomic mass is 10.1. The van der Waals surface area contributed by atoms with Crippen LogP contribution in [0.3, 0.4) is 0 Å². The second kappa shape index (κ2) is 6.10. The van der Waals surface area contributed by atoms with Gasteiger partial charge in [0.25, 0.3) is 5.91 Å². The Balaban J connectivity index is 1.58. The van der Waals surface area contributed by atoms with Crippen LogP contribution < -0.4 is 4.74 Å². The van der Waals surface area contributed by atoms with Crippen molar-refractivity contribution in [1.29, 1.82) is 0 Å². The first-order valence-corrected chi connectivity index (χ1v) is 11.1. The Kier molecular flexibility index (Phi) is 4.16. The van der Waals surface area contributed by atoms with Crippen molar-refractivity contribution < 1.29 is 17.9 Å². The molecule has 3 aliphatic rings. The number of amides is 1. The zero-order chi connectivity index (χ0) is 17.8. The van der Waals surface area contributed by atoms with E-state index >= 15 is 0 Å². The highest BCUT2D eigenvalue weighted by Gasteiger charge is 2.42. The van der Waals surface area contributed by atoms with Crippen molar-refractivity contribution in [3.05, 3.63) is 34.2 Å². The van der Waals surface area contributed by atoms with Crippen LogP contribution in [0, 0.1) is 0 Å². The molecule has 4 rings (SSSR count). The van der Waals surface area contributed by atoms with Gasteiger partial charge in [-0.25, -0.2) is 8.42 Å². The summed E-state index contributed by atoms with van der Waals surface area (Å²) in [5.41, 5.74) is 2.06. The molecule has 1 aromatic carbocycles. The molecule has 2 saturated heterocycles. The Bertz CT molecular complexity index is 906. The molecular weight excluding hydrogens is 378 g/mol. The molecule has 0 aromatic heterocycles. The summed E-state index contributed by atoms with van der Waals surface area (Å²) in [7, 11) is -3.06. The largest absolute Gasteiger partial charge is 0.490 e. The molecule has 0 bridgehead atoms. The quantitative estimate of drug-likeness (QED) is 0.566. The smallest absolute Gasteiger partial charge is 0.266 e. The molecule has 3 aliphatic heterocycles. The fourth-order valence-corrected chi connectivity index (χ4v) is 6.56. The van der Waals surface area contributed by atoms with Gasteiger partial charge in [0.05, 0.1) is 22.5 Å². The number of ether oxygens (including phenoxy) is 1. The van der Waals surface area contributed by atoms with Crippen LogP contribution in [0.4, 0.5) is 0 Å². The van der Waals surface area contributed by atoms with Crippen molar-refractivity contribution >= 4 is 50.1 Å². The Hall–Kier alpha value is -1.38. The number of benzene rings is 1. The second-order valence-corrected chi connectivity index (χ2v) is 10.5. The van der Waals surface area contributed by atoms with E-state index in [0.717, 1.165) is 23.3 Å². The SMILES string of the molecule is CC1Cc2cc(/C=C3\SC(=S)N(C4CCS(=O)(=O)C4)C3=O)ccc2O1. The van der Waals surface area contributed by atoms with E-state index in [0.29, 0.717) is 15.6 Å². The third kappa shape index (κ3) is 3.22. The van der Waals surface area contributed by atoms with E-state index < -0.39 is 9.84 Å². The maximum absolute atomic E-state index is 12.7. The number of rotatable bonds is 2. The van der Waals surface area contributed by atoms with Crippen molar-refractivity contribution in [2.45, 2.75) is 31.9 Å². The Morgan fingerprint density at radius 3 is 2.92 bits per heavy atom. The van der Waals surface area contributed by atoms with E-state index in [-0.39, 0.29) is 29.6 Å². The summed E-state index contributed by atoms with van der Waals surface area (Å²) in [6, 6.07) is 5.54. The normalized spacial score (nSPS) is 29.3. The number of fused-ring (bicyclic) bond motifs is 1. The van der Waals surface area contributed by atoms with Gasteiger partial charge in [-0.2, -0.15) is 0 Å². The lowest BCUT2D eigenvalue weighted by Crippen LogP contribution is -2.39. The molecule has 0 spiro atoms. The fourth-order valence-electron chi connectivity index (χ4n) is 3.46. The number of nitrogens with zero attached hydrogens (tertiary/aromatic N) is 1. The van der Waals surface area contributed by atoms with Crippen LogP contribution in [0.2, 0.25) is 0 Å². The summed E-state index contributed by atoms with van der Waals surface area (Å²) < 4.78 is 29.5. The topological polar surface area (TPSA) is 63.7 Å². The minimum Gasteiger partial charge on any atom is -0.490 e. The molecular formula is C17H17NO4S3. The van der Waals surface area contributed by atoms with Gasteiger partial charge in [0.2, 0.25) is 0 Å². The summed E-state index contributed by atoms with van der Waals surface area (Å²) in [6.07, 6.45) is 3.31. The molecule has 132 valence electrons. The zero-order valence-electron chi connectivity index (χ0n) is 13.6.